The van der Waals surface area contributed by atoms with Gasteiger partial charge in [-0.3, -0.25) is 4.98 Å². The Balaban J connectivity index is 1.83. The van der Waals surface area contributed by atoms with Crippen molar-refractivity contribution in [1.29, 1.82) is 0 Å². The van der Waals surface area contributed by atoms with Crippen molar-refractivity contribution in [3.8, 4) is 0 Å². The molecular weight excluding hydrogens is 216 g/mol. The van der Waals surface area contributed by atoms with Crippen LogP contribution in [-0.4, -0.2) is 11.5 Å². The van der Waals surface area contributed by atoms with Gasteiger partial charge in [0, 0.05) is 23.3 Å². The average Bonchev–Trinajstić information content (AvgIpc) is 2.80. The molecule has 0 fully saturated rings. The summed E-state index contributed by atoms with van der Waals surface area (Å²) in [5, 5.41) is 5.79. The quantitative estimate of drug-likeness (QED) is 0.857. The zero-order valence-electron chi connectivity index (χ0n) is 9.02. The van der Waals surface area contributed by atoms with Crippen LogP contribution in [0, 0.1) is 0 Å². The highest BCUT2D eigenvalue weighted by molar-refractivity contribution is 7.10. The molecule has 0 saturated heterocycles. The highest BCUT2D eigenvalue weighted by Crippen LogP contribution is 2.30. The molecule has 3 rings (SSSR count). The van der Waals surface area contributed by atoms with Gasteiger partial charge in [-0.1, -0.05) is 6.07 Å². The molecule has 0 spiro atoms. The first-order valence-corrected chi connectivity index (χ1v) is 6.50. The maximum Gasteiger partial charge on any atom is 0.0459 e. The molecular formula is C13H14N2S. The summed E-state index contributed by atoms with van der Waals surface area (Å²) in [5.74, 6) is 0. The Morgan fingerprint density at radius 1 is 1.44 bits per heavy atom. The lowest BCUT2D eigenvalue weighted by atomic mass is 9.99. The van der Waals surface area contributed by atoms with Crippen LogP contribution in [0.1, 0.15) is 22.0 Å². The molecule has 0 radical (unpaired) electrons. The molecule has 2 aromatic heterocycles. The summed E-state index contributed by atoms with van der Waals surface area (Å²) in [7, 11) is 0. The zero-order chi connectivity index (χ0) is 10.8. The fourth-order valence-electron chi connectivity index (χ4n) is 2.25. The van der Waals surface area contributed by atoms with Gasteiger partial charge in [0.15, 0.2) is 0 Å². The van der Waals surface area contributed by atoms with E-state index in [9.17, 15) is 0 Å². The number of thiophene rings is 1. The molecule has 0 aliphatic carbocycles. The third kappa shape index (κ3) is 1.88. The molecule has 1 N–H and O–H groups in total. The van der Waals surface area contributed by atoms with Crippen molar-refractivity contribution in [3.63, 3.8) is 0 Å². The summed E-state index contributed by atoms with van der Waals surface area (Å²) in [4.78, 5) is 5.68. The lowest BCUT2D eigenvalue weighted by Crippen LogP contribution is -2.29. The Labute approximate surface area is 99.4 Å². The maximum absolute atomic E-state index is 4.17. The van der Waals surface area contributed by atoms with Gasteiger partial charge in [0.25, 0.3) is 0 Å². The highest BCUT2D eigenvalue weighted by atomic mass is 32.1. The molecule has 0 aromatic carbocycles. The van der Waals surface area contributed by atoms with Crippen LogP contribution in [0.2, 0.25) is 0 Å². The van der Waals surface area contributed by atoms with Crippen molar-refractivity contribution >= 4 is 11.3 Å². The minimum Gasteiger partial charge on any atom is -0.309 e. The molecule has 2 aromatic rings. The number of nitrogens with zero attached hydrogens (tertiary/aromatic N) is 1. The number of fused-ring (bicyclic) bond motifs is 1. The van der Waals surface area contributed by atoms with Crippen LogP contribution < -0.4 is 5.32 Å². The van der Waals surface area contributed by atoms with Crippen molar-refractivity contribution in [1.82, 2.24) is 10.3 Å². The smallest absolute Gasteiger partial charge is 0.0459 e. The molecule has 0 saturated carbocycles. The summed E-state index contributed by atoms with van der Waals surface area (Å²) < 4.78 is 0. The van der Waals surface area contributed by atoms with E-state index >= 15 is 0 Å². The van der Waals surface area contributed by atoms with E-state index in [1.165, 1.54) is 22.4 Å². The van der Waals surface area contributed by atoms with Crippen LogP contribution in [0.5, 0.6) is 0 Å². The molecule has 3 heteroatoms. The summed E-state index contributed by atoms with van der Waals surface area (Å²) in [6, 6.07) is 6.90. The largest absolute Gasteiger partial charge is 0.309 e. The van der Waals surface area contributed by atoms with Gasteiger partial charge >= 0.3 is 0 Å². The molecule has 3 heterocycles. The molecule has 16 heavy (non-hydrogen) atoms. The van der Waals surface area contributed by atoms with E-state index in [2.05, 4.69) is 27.8 Å². The average molecular weight is 230 g/mol. The maximum atomic E-state index is 4.17. The second-order valence-corrected chi connectivity index (χ2v) is 5.08. The fourth-order valence-corrected chi connectivity index (χ4v) is 3.28. The first-order chi connectivity index (χ1) is 7.93. The number of hydrogen-bond acceptors (Lipinski definition) is 3. The van der Waals surface area contributed by atoms with Gasteiger partial charge in [-0.25, -0.2) is 0 Å². The second-order valence-electron chi connectivity index (χ2n) is 4.13. The third-order valence-corrected chi connectivity index (χ3v) is 4.12. The molecule has 0 unspecified atom stereocenters. The van der Waals surface area contributed by atoms with Crippen LogP contribution in [0.4, 0.5) is 0 Å². The van der Waals surface area contributed by atoms with Crippen LogP contribution >= 0.6 is 11.3 Å². The highest BCUT2D eigenvalue weighted by Gasteiger charge is 2.20. The summed E-state index contributed by atoms with van der Waals surface area (Å²) >= 11 is 1.87. The number of pyridine rings is 1. The van der Waals surface area contributed by atoms with Gasteiger partial charge in [0.2, 0.25) is 0 Å². The Kier molecular flexibility index (Phi) is 2.72. The van der Waals surface area contributed by atoms with Crippen LogP contribution in [0.3, 0.4) is 0 Å². The fraction of sp³-hybridized carbons (Fsp3) is 0.308. The van der Waals surface area contributed by atoms with E-state index < -0.39 is 0 Å². The molecule has 2 nitrogen and oxygen atoms in total. The Morgan fingerprint density at radius 2 is 2.44 bits per heavy atom. The summed E-state index contributed by atoms with van der Waals surface area (Å²) in [5.41, 5.74) is 2.83. The Morgan fingerprint density at radius 3 is 3.31 bits per heavy atom. The first-order valence-electron chi connectivity index (χ1n) is 5.62. The van der Waals surface area contributed by atoms with Crippen LogP contribution in [-0.2, 0) is 12.8 Å². The second kappa shape index (κ2) is 4.36. The monoisotopic (exact) mass is 230 g/mol. The number of hydrogen-bond donors (Lipinski definition) is 1. The number of nitrogens with one attached hydrogen (secondary N) is 1. The molecule has 1 atom stereocenters. The molecule has 82 valence electrons. The SMILES string of the molecule is c1cncc(C[C@@H]2NCCc3ccsc32)c1. The van der Waals surface area contributed by atoms with Crippen LogP contribution in [0.25, 0.3) is 0 Å². The van der Waals surface area contributed by atoms with E-state index in [0.29, 0.717) is 6.04 Å². The van der Waals surface area contributed by atoms with E-state index in [1.807, 2.05) is 29.8 Å². The number of rotatable bonds is 2. The standard InChI is InChI=1S/C13H14N2S/c1-2-10(9-14-5-1)8-12-13-11(3-6-15-12)4-7-16-13/h1-2,4-5,7,9,12,15H,3,6,8H2/t12-/m0/s1. The Hall–Kier alpha value is -1.19. The molecule has 0 amide bonds. The van der Waals surface area contributed by atoms with Crippen molar-refractivity contribution < 1.29 is 0 Å². The zero-order valence-corrected chi connectivity index (χ0v) is 9.83. The first kappa shape index (κ1) is 10.00. The van der Waals surface area contributed by atoms with Gasteiger partial charge in [-0.2, -0.15) is 0 Å². The van der Waals surface area contributed by atoms with E-state index in [-0.39, 0.29) is 0 Å². The molecule has 0 bridgehead atoms. The number of aromatic nitrogens is 1. The minimum absolute atomic E-state index is 0.480. The lowest BCUT2D eigenvalue weighted by molar-refractivity contribution is 0.512. The van der Waals surface area contributed by atoms with Gasteiger partial charge in [-0.15, -0.1) is 11.3 Å². The summed E-state index contributed by atoms with van der Waals surface area (Å²) in [6.45, 7) is 1.09. The normalized spacial score (nSPS) is 19.4. The van der Waals surface area contributed by atoms with E-state index in [4.69, 9.17) is 0 Å². The molecule has 1 aliphatic rings. The predicted octanol–water partition coefficient (Wildman–Crippen LogP) is 2.57. The van der Waals surface area contributed by atoms with Crippen molar-refractivity contribution in [2.24, 2.45) is 0 Å². The predicted molar refractivity (Wildman–Crippen MR) is 66.7 cm³/mol. The van der Waals surface area contributed by atoms with E-state index in [0.717, 1.165) is 13.0 Å². The topological polar surface area (TPSA) is 24.9 Å². The van der Waals surface area contributed by atoms with Crippen molar-refractivity contribution in [3.05, 3.63) is 52.0 Å². The van der Waals surface area contributed by atoms with E-state index in [1.54, 1.807) is 0 Å². The minimum atomic E-state index is 0.480. The van der Waals surface area contributed by atoms with Gasteiger partial charge in [0.05, 0.1) is 0 Å². The van der Waals surface area contributed by atoms with Gasteiger partial charge < -0.3 is 5.32 Å². The third-order valence-electron chi connectivity index (χ3n) is 3.04. The summed E-state index contributed by atoms with van der Waals surface area (Å²) in [6.07, 6.45) is 6.00. The lowest BCUT2D eigenvalue weighted by Gasteiger charge is -2.23. The van der Waals surface area contributed by atoms with Crippen molar-refractivity contribution in [2.45, 2.75) is 18.9 Å². The van der Waals surface area contributed by atoms with Crippen molar-refractivity contribution in [2.75, 3.05) is 6.54 Å². The van der Waals surface area contributed by atoms with Gasteiger partial charge in [0.1, 0.15) is 0 Å². The molecule has 1 aliphatic heterocycles. The Bertz CT molecular complexity index is 464. The van der Waals surface area contributed by atoms with Gasteiger partial charge in [-0.05, 0) is 48.0 Å². The van der Waals surface area contributed by atoms with Crippen LogP contribution in [0.15, 0.2) is 36.0 Å².